The maximum absolute atomic E-state index is 14.8. The molecule has 2 bridgehead atoms. The summed E-state index contributed by atoms with van der Waals surface area (Å²) in [4.78, 5) is 58.0. The molecule has 0 aliphatic carbocycles. The number of carbonyl (C=O) groups is 3. The summed E-state index contributed by atoms with van der Waals surface area (Å²) in [5.74, 6) is 0.338. The molecule has 3 aromatic rings. The fraction of sp³-hybridized carbons (Fsp3) is 0.394. The number of hydrogen-bond acceptors (Lipinski definition) is 8. The van der Waals surface area contributed by atoms with Gasteiger partial charge in [0.15, 0.2) is 0 Å². The van der Waals surface area contributed by atoms with E-state index in [4.69, 9.17) is 14.2 Å². The highest BCUT2D eigenvalue weighted by molar-refractivity contribution is 6.30. The van der Waals surface area contributed by atoms with E-state index in [2.05, 4.69) is 10.2 Å². The van der Waals surface area contributed by atoms with Crippen LogP contribution >= 0.6 is 0 Å². The van der Waals surface area contributed by atoms with Crippen molar-refractivity contribution in [3.05, 3.63) is 82.3 Å². The number of rotatable bonds is 9. The Morgan fingerprint density at radius 3 is 2.50 bits per heavy atom. The first-order valence-corrected chi connectivity index (χ1v) is 14.8. The van der Waals surface area contributed by atoms with Gasteiger partial charge < -0.3 is 23.7 Å². The molecule has 2 saturated heterocycles. The number of para-hydroxylation sites is 2. The highest BCUT2D eigenvalue weighted by Gasteiger charge is 2.56. The van der Waals surface area contributed by atoms with Crippen LogP contribution in [-0.2, 0) is 22.6 Å². The number of likely N-dealkylation sites (tertiary alicyclic amines) is 1. The number of ether oxygens (including phenoxy) is 3. The van der Waals surface area contributed by atoms with Gasteiger partial charge in [-0.1, -0.05) is 24.3 Å². The Balaban J connectivity index is 1.42. The second-order valence-electron chi connectivity index (χ2n) is 11.6. The summed E-state index contributed by atoms with van der Waals surface area (Å²) < 4.78 is 18.6. The third-order valence-corrected chi connectivity index (χ3v) is 8.91. The molecule has 0 radical (unpaired) electrons. The van der Waals surface area contributed by atoms with Crippen molar-refractivity contribution in [3.8, 4) is 17.2 Å². The smallest absolute Gasteiger partial charge is 0.335 e. The van der Waals surface area contributed by atoms with Gasteiger partial charge >= 0.3 is 6.03 Å². The number of barbiturate groups is 1. The van der Waals surface area contributed by atoms with Crippen LogP contribution in [0.5, 0.6) is 17.2 Å². The zero-order valence-electron chi connectivity index (χ0n) is 25.1. The molecule has 2 aromatic carbocycles. The zero-order chi connectivity index (χ0) is 31.0. The van der Waals surface area contributed by atoms with Gasteiger partial charge in [0, 0.05) is 56.3 Å². The maximum Gasteiger partial charge on any atom is 0.335 e. The van der Waals surface area contributed by atoms with Crippen LogP contribution in [0.15, 0.2) is 65.5 Å². The molecule has 1 N–H and O–H groups in total. The molecular formula is C33H36N4O7. The lowest BCUT2D eigenvalue weighted by Crippen LogP contribution is -2.68. The van der Waals surface area contributed by atoms with Crippen LogP contribution in [0.3, 0.4) is 0 Å². The van der Waals surface area contributed by atoms with E-state index in [9.17, 15) is 19.2 Å². The SMILES string of the molecule is CCOc1ccccc1N1C(=O)NC(=O)[C@](Cc2ccc(OC)cc2OC)(CN2C[C@@H]3C[C@@H](C2)c2cccc(=O)n2C3)C1=O. The Kier molecular flexibility index (Phi) is 7.89. The molecule has 3 aliphatic rings. The predicted octanol–water partition coefficient (Wildman–Crippen LogP) is 3.20. The van der Waals surface area contributed by atoms with Gasteiger partial charge in [0.1, 0.15) is 22.7 Å². The standard InChI is InChI=1S/C33H36N4O7/c1-4-44-27-10-6-5-8-26(27)37-31(40)33(30(39)34-32(37)41,16-22-12-13-24(42-2)15-28(22)43-3)20-35-17-21-14-23(19-35)25-9-7-11-29(38)36(25)18-21/h5-13,15,21,23H,4,14,16-20H2,1-3H3,(H,34,39,41)/t21-,23-,33-/m0/s1. The number of nitrogens with one attached hydrogen (secondary N) is 1. The lowest BCUT2D eigenvalue weighted by atomic mass is 9.75. The lowest BCUT2D eigenvalue weighted by molar-refractivity contribution is -0.144. The molecule has 6 rings (SSSR count). The van der Waals surface area contributed by atoms with Crippen molar-refractivity contribution < 1.29 is 28.6 Å². The minimum atomic E-state index is -1.68. The van der Waals surface area contributed by atoms with E-state index in [1.807, 2.05) is 17.6 Å². The highest BCUT2D eigenvalue weighted by Crippen LogP contribution is 2.42. The number of fused-ring (bicyclic) bond motifs is 4. The Morgan fingerprint density at radius 2 is 1.73 bits per heavy atom. The summed E-state index contributed by atoms with van der Waals surface area (Å²) in [5.41, 5.74) is 0.151. The second-order valence-corrected chi connectivity index (χ2v) is 11.6. The fourth-order valence-electron chi connectivity index (χ4n) is 6.99. The number of anilines is 1. The van der Waals surface area contributed by atoms with Gasteiger partial charge in [-0.15, -0.1) is 0 Å². The number of nitrogens with zero attached hydrogens (tertiary/aromatic N) is 3. The Labute approximate surface area is 255 Å². The normalized spacial score (nSPS) is 23.2. The van der Waals surface area contributed by atoms with Crippen LogP contribution in [0.1, 0.15) is 30.5 Å². The van der Waals surface area contributed by atoms with Crippen molar-refractivity contribution in [3.63, 3.8) is 0 Å². The summed E-state index contributed by atoms with van der Waals surface area (Å²) in [7, 11) is 3.07. The molecule has 11 heteroatoms. The number of methoxy groups -OCH3 is 2. The van der Waals surface area contributed by atoms with E-state index in [1.165, 1.54) is 7.11 Å². The molecule has 11 nitrogen and oxygen atoms in total. The number of carbonyl (C=O) groups excluding carboxylic acids is 3. The average molecular weight is 601 g/mol. The Bertz CT molecular complexity index is 1670. The number of aromatic nitrogens is 1. The van der Waals surface area contributed by atoms with Gasteiger partial charge in [0.2, 0.25) is 5.91 Å². The van der Waals surface area contributed by atoms with Gasteiger partial charge in [0.25, 0.3) is 11.5 Å². The number of hydrogen-bond donors (Lipinski definition) is 1. The quantitative estimate of drug-likeness (QED) is 0.372. The van der Waals surface area contributed by atoms with Crippen LogP contribution in [0, 0.1) is 11.3 Å². The number of imide groups is 2. The molecule has 4 heterocycles. The van der Waals surface area contributed by atoms with E-state index >= 15 is 0 Å². The first-order valence-electron chi connectivity index (χ1n) is 14.8. The minimum Gasteiger partial charge on any atom is -0.497 e. The minimum absolute atomic E-state index is 0.0160. The third kappa shape index (κ3) is 5.11. The molecule has 0 unspecified atom stereocenters. The van der Waals surface area contributed by atoms with Gasteiger partial charge in [-0.05, 0) is 49.1 Å². The van der Waals surface area contributed by atoms with E-state index in [1.54, 1.807) is 61.7 Å². The van der Waals surface area contributed by atoms with Gasteiger partial charge in [-0.3, -0.25) is 19.7 Å². The molecule has 44 heavy (non-hydrogen) atoms. The summed E-state index contributed by atoms with van der Waals surface area (Å²) in [6, 6.07) is 16.6. The van der Waals surface area contributed by atoms with E-state index in [-0.39, 0.29) is 36.0 Å². The second kappa shape index (κ2) is 11.8. The topological polar surface area (TPSA) is 119 Å². The monoisotopic (exact) mass is 600 g/mol. The summed E-state index contributed by atoms with van der Waals surface area (Å²) in [5, 5.41) is 2.50. The van der Waals surface area contributed by atoms with Crippen LogP contribution in [0.2, 0.25) is 0 Å². The third-order valence-electron chi connectivity index (χ3n) is 8.91. The van der Waals surface area contributed by atoms with Crippen molar-refractivity contribution in [2.24, 2.45) is 11.3 Å². The number of urea groups is 1. The van der Waals surface area contributed by atoms with Gasteiger partial charge in [-0.2, -0.15) is 0 Å². The Hall–Kier alpha value is -4.64. The maximum atomic E-state index is 14.8. The Morgan fingerprint density at radius 1 is 0.909 bits per heavy atom. The summed E-state index contributed by atoms with van der Waals surface area (Å²) >= 11 is 0. The number of benzene rings is 2. The van der Waals surface area contributed by atoms with E-state index in [0.717, 1.165) is 17.0 Å². The van der Waals surface area contributed by atoms with Crippen LogP contribution in [-0.4, -0.2) is 67.8 Å². The zero-order valence-corrected chi connectivity index (χ0v) is 25.1. The molecule has 0 saturated carbocycles. The summed E-state index contributed by atoms with van der Waals surface area (Å²) in [6.07, 6.45) is 0.902. The number of pyridine rings is 1. The van der Waals surface area contributed by atoms with Crippen molar-refractivity contribution in [2.45, 2.75) is 32.2 Å². The van der Waals surface area contributed by atoms with Gasteiger partial charge in [-0.25, -0.2) is 9.69 Å². The molecule has 3 aliphatic heterocycles. The lowest BCUT2D eigenvalue weighted by Gasteiger charge is -2.47. The molecule has 2 fully saturated rings. The number of piperidine rings is 1. The molecule has 1 aromatic heterocycles. The molecule has 0 spiro atoms. The van der Waals surface area contributed by atoms with Crippen LogP contribution < -0.4 is 30.0 Å². The van der Waals surface area contributed by atoms with Gasteiger partial charge in [0.05, 0.1) is 26.5 Å². The van der Waals surface area contributed by atoms with Crippen LogP contribution in [0.4, 0.5) is 10.5 Å². The highest BCUT2D eigenvalue weighted by atomic mass is 16.5. The molecular weight excluding hydrogens is 564 g/mol. The first-order chi connectivity index (χ1) is 21.3. The molecule has 3 atom stereocenters. The van der Waals surface area contributed by atoms with Crippen molar-refractivity contribution in [1.29, 1.82) is 0 Å². The van der Waals surface area contributed by atoms with Crippen molar-refractivity contribution >= 4 is 23.5 Å². The number of amides is 4. The van der Waals surface area contributed by atoms with Crippen LogP contribution in [0.25, 0.3) is 0 Å². The molecule has 230 valence electrons. The predicted molar refractivity (Wildman–Crippen MR) is 162 cm³/mol. The van der Waals surface area contributed by atoms with E-state index < -0.39 is 23.3 Å². The summed E-state index contributed by atoms with van der Waals surface area (Å²) in [6.45, 7) is 3.95. The largest absolute Gasteiger partial charge is 0.497 e. The van der Waals surface area contributed by atoms with Crippen molar-refractivity contribution in [2.75, 3.05) is 45.4 Å². The average Bonchev–Trinajstić information content (AvgIpc) is 3.01. The molecule has 4 amide bonds. The first kappa shape index (κ1) is 29.4. The fourth-order valence-corrected chi connectivity index (χ4v) is 6.99. The van der Waals surface area contributed by atoms with E-state index in [0.29, 0.717) is 49.1 Å². The van der Waals surface area contributed by atoms with Crippen molar-refractivity contribution in [1.82, 2.24) is 14.8 Å².